The van der Waals surface area contributed by atoms with Crippen LogP contribution in [0.2, 0.25) is 0 Å². The van der Waals surface area contributed by atoms with Gasteiger partial charge in [0.25, 0.3) is 0 Å². The standard InChI is InChI=1S/C24H30N2O3/c1-16-6-5-7-20(26-16)13-18-12-19(15-25-24(18)27)17-10-11-22(28-2)23(14-17)29-21-8-3-4-9-21/h5-7,10-11,14,18-19,21H,3-4,8-9,12-13,15H2,1-2H3,(H,25,27)/t18-,19-/m1/s1. The second-order valence-electron chi connectivity index (χ2n) is 8.28. The van der Waals surface area contributed by atoms with Gasteiger partial charge in [-0.25, -0.2) is 0 Å². The van der Waals surface area contributed by atoms with Gasteiger partial charge in [-0.05, 0) is 68.9 Å². The first-order chi connectivity index (χ1) is 14.1. The van der Waals surface area contributed by atoms with E-state index in [1.54, 1.807) is 7.11 Å². The van der Waals surface area contributed by atoms with Gasteiger partial charge in [-0.15, -0.1) is 0 Å². The quantitative estimate of drug-likeness (QED) is 0.798. The molecule has 2 fully saturated rings. The minimum Gasteiger partial charge on any atom is -0.493 e. The lowest BCUT2D eigenvalue weighted by Crippen LogP contribution is -2.41. The van der Waals surface area contributed by atoms with Crippen LogP contribution >= 0.6 is 0 Å². The van der Waals surface area contributed by atoms with Crippen molar-refractivity contribution in [3.8, 4) is 11.5 Å². The molecule has 5 heteroatoms. The van der Waals surface area contributed by atoms with Gasteiger partial charge < -0.3 is 14.8 Å². The minimum absolute atomic E-state index is 0.0654. The lowest BCUT2D eigenvalue weighted by molar-refractivity contribution is -0.126. The van der Waals surface area contributed by atoms with Gasteiger partial charge in [-0.2, -0.15) is 0 Å². The molecule has 0 bridgehead atoms. The van der Waals surface area contributed by atoms with E-state index in [0.717, 1.165) is 42.1 Å². The zero-order valence-corrected chi connectivity index (χ0v) is 17.3. The van der Waals surface area contributed by atoms with Gasteiger partial charge in [0.05, 0.1) is 13.2 Å². The molecule has 0 radical (unpaired) electrons. The molecule has 4 rings (SSSR count). The number of pyridine rings is 1. The molecule has 0 unspecified atom stereocenters. The van der Waals surface area contributed by atoms with Gasteiger partial charge in [0.1, 0.15) is 0 Å². The summed E-state index contributed by atoms with van der Waals surface area (Å²) in [5, 5.41) is 3.10. The first-order valence-corrected chi connectivity index (χ1v) is 10.7. The Kier molecular flexibility index (Phi) is 6.02. The topological polar surface area (TPSA) is 60.5 Å². The van der Waals surface area contributed by atoms with Crippen molar-refractivity contribution in [2.45, 2.75) is 57.5 Å². The fraction of sp³-hybridized carbons (Fsp3) is 0.500. The Morgan fingerprint density at radius 2 is 1.97 bits per heavy atom. The molecule has 1 N–H and O–H groups in total. The Labute approximate surface area is 172 Å². The molecular formula is C24H30N2O3. The highest BCUT2D eigenvalue weighted by Gasteiger charge is 2.30. The van der Waals surface area contributed by atoms with E-state index in [1.165, 1.54) is 18.4 Å². The molecule has 2 heterocycles. The Hall–Kier alpha value is -2.56. The lowest BCUT2D eigenvalue weighted by atomic mass is 9.83. The first kappa shape index (κ1) is 19.7. The van der Waals surface area contributed by atoms with Crippen LogP contribution in [0.4, 0.5) is 0 Å². The molecule has 1 saturated heterocycles. The maximum atomic E-state index is 12.5. The molecule has 154 valence electrons. The number of aromatic nitrogens is 1. The summed E-state index contributed by atoms with van der Waals surface area (Å²) >= 11 is 0. The fourth-order valence-corrected chi connectivity index (χ4v) is 4.52. The molecule has 2 atom stereocenters. The summed E-state index contributed by atoms with van der Waals surface area (Å²) < 4.78 is 11.8. The third-order valence-corrected chi connectivity index (χ3v) is 6.12. The zero-order valence-electron chi connectivity index (χ0n) is 17.3. The Balaban J connectivity index is 1.50. The van der Waals surface area contributed by atoms with E-state index in [-0.39, 0.29) is 23.8 Å². The summed E-state index contributed by atoms with van der Waals surface area (Å²) in [4.78, 5) is 17.1. The first-order valence-electron chi connectivity index (χ1n) is 10.7. The number of aryl methyl sites for hydroxylation is 1. The maximum absolute atomic E-state index is 12.5. The van der Waals surface area contributed by atoms with Crippen molar-refractivity contribution in [2.75, 3.05) is 13.7 Å². The van der Waals surface area contributed by atoms with E-state index >= 15 is 0 Å². The number of carbonyl (C=O) groups excluding carboxylic acids is 1. The van der Waals surface area contributed by atoms with Crippen LogP contribution < -0.4 is 14.8 Å². The molecular weight excluding hydrogens is 364 g/mol. The number of hydrogen-bond donors (Lipinski definition) is 1. The van der Waals surface area contributed by atoms with Crippen LogP contribution in [0, 0.1) is 12.8 Å². The number of hydrogen-bond acceptors (Lipinski definition) is 4. The number of nitrogens with zero attached hydrogens (tertiary/aromatic N) is 1. The van der Waals surface area contributed by atoms with Crippen LogP contribution in [0.1, 0.15) is 55.0 Å². The van der Waals surface area contributed by atoms with E-state index in [1.807, 2.05) is 31.2 Å². The van der Waals surface area contributed by atoms with Crippen molar-refractivity contribution in [1.82, 2.24) is 10.3 Å². The number of carbonyl (C=O) groups is 1. The molecule has 2 aliphatic rings. The van der Waals surface area contributed by atoms with E-state index in [9.17, 15) is 4.79 Å². The van der Waals surface area contributed by atoms with Crippen LogP contribution in [-0.4, -0.2) is 30.6 Å². The van der Waals surface area contributed by atoms with Crippen molar-refractivity contribution in [3.63, 3.8) is 0 Å². The van der Waals surface area contributed by atoms with Crippen LogP contribution in [0.5, 0.6) is 11.5 Å². The van der Waals surface area contributed by atoms with Crippen molar-refractivity contribution >= 4 is 5.91 Å². The van der Waals surface area contributed by atoms with Gasteiger partial charge >= 0.3 is 0 Å². The van der Waals surface area contributed by atoms with Crippen molar-refractivity contribution < 1.29 is 14.3 Å². The van der Waals surface area contributed by atoms with Gasteiger partial charge in [0, 0.05) is 36.2 Å². The Bertz CT molecular complexity index is 861. The molecule has 1 aromatic carbocycles. The summed E-state index contributed by atoms with van der Waals surface area (Å²) in [6.45, 7) is 2.64. The largest absolute Gasteiger partial charge is 0.493 e. The predicted molar refractivity (Wildman–Crippen MR) is 112 cm³/mol. The number of benzene rings is 1. The van der Waals surface area contributed by atoms with E-state index in [0.29, 0.717) is 13.0 Å². The number of amides is 1. The smallest absolute Gasteiger partial charge is 0.223 e. The predicted octanol–water partition coefficient (Wildman–Crippen LogP) is 4.18. The number of ether oxygens (including phenoxy) is 2. The second-order valence-corrected chi connectivity index (χ2v) is 8.28. The summed E-state index contributed by atoms with van der Waals surface area (Å²) in [6, 6.07) is 12.2. The molecule has 5 nitrogen and oxygen atoms in total. The van der Waals surface area contributed by atoms with Gasteiger partial charge in [-0.3, -0.25) is 9.78 Å². The Morgan fingerprint density at radius 1 is 1.14 bits per heavy atom. The number of methoxy groups -OCH3 is 1. The molecule has 29 heavy (non-hydrogen) atoms. The van der Waals surface area contributed by atoms with Crippen LogP contribution in [0.15, 0.2) is 36.4 Å². The number of nitrogens with one attached hydrogen (secondary N) is 1. The second kappa shape index (κ2) is 8.85. The van der Waals surface area contributed by atoms with E-state index in [2.05, 4.69) is 22.4 Å². The number of piperidine rings is 1. The third kappa shape index (κ3) is 4.72. The molecule has 2 aromatic rings. The molecule has 1 aliphatic carbocycles. The maximum Gasteiger partial charge on any atom is 0.223 e. The average molecular weight is 395 g/mol. The van der Waals surface area contributed by atoms with Gasteiger partial charge in [0.2, 0.25) is 5.91 Å². The Morgan fingerprint density at radius 3 is 2.72 bits per heavy atom. The highest BCUT2D eigenvalue weighted by atomic mass is 16.5. The van der Waals surface area contributed by atoms with Gasteiger partial charge in [0.15, 0.2) is 11.5 Å². The molecule has 0 spiro atoms. The summed E-state index contributed by atoms with van der Waals surface area (Å²) in [7, 11) is 1.68. The van der Waals surface area contributed by atoms with Crippen molar-refractivity contribution in [2.24, 2.45) is 5.92 Å². The zero-order chi connectivity index (χ0) is 20.2. The normalized spacial score (nSPS) is 22.3. The summed E-state index contributed by atoms with van der Waals surface area (Å²) in [5.74, 6) is 1.93. The van der Waals surface area contributed by atoms with Crippen LogP contribution in [0.3, 0.4) is 0 Å². The molecule has 1 amide bonds. The molecule has 1 aromatic heterocycles. The SMILES string of the molecule is COc1ccc([C@H]2CNC(=O)[C@@H](Cc3cccc(C)n3)C2)cc1OC1CCCC1. The van der Waals surface area contributed by atoms with Gasteiger partial charge in [-0.1, -0.05) is 12.1 Å². The van der Waals surface area contributed by atoms with Crippen LogP contribution in [0.25, 0.3) is 0 Å². The lowest BCUT2D eigenvalue weighted by Gasteiger charge is -2.30. The van der Waals surface area contributed by atoms with E-state index in [4.69, 9.17) is 9.47 Å². The van der Waals surface area contributed by atoms with Crippen molar-refractivity contribution in [3.05, 3.63) is 53.3 Å². The highest BCUT2D eigenvalue weighted by Crippen LogP contribution is 2.37. The average Bonchev–Trinajstić information content (AvgIpc) is 3.23. The van der Waals surface area contributed by atoms with E-state index < -0.39 is 0 Å². The molecule has 1 saturated carbocycles. The molecule has 1 aliphatic heterocycles. The fourth-order valence-electron chi connectivity index (χ4n) is 4.52. The van der Waals surface area contributed by atoms with Crippen molar-refractivity contribution in [1.29, 1.82) is 0 Å². The minimum atomic E-state index is -0.0654. The summed E-state index contributed by atoms with van der Waals surface area (Å²) in [6.07, 6.45) is 6.45. The monoisotopic (exact) mass is 394 g/mol. The number of rotatable bonds is 6. The highest BCUT2D eigenvalue weighted by molar-refractivity contribution is 5.80. The third-order valence-electron chi connectivity index (χ3n) is 6.12. The van der Waals surface area contributed by atoms with Crippen LogP contribution in [-0.2, 0) is 11.2 Å². The summed E-state index contributed by atoms with van der Waals surface area (Å²) in [5.41, 5.74) is 3.16.